The van der Waals surface area contributed by atoms with Gasteiger partial charge < -0.3 is 20.3 Å². The SMILES string of the molecule is CC.N#Cc1ccc(N2CC(C(=O)NCC3(F)CCNCC3)OC(C(F)(F)F)C2)c2cccnc12. The molecule has 0 bridgehead atoms. The summed E-state index contributed by atoms with van der Waals surface area (Å²) in [4.78, 5) is 18.3. The van der Waals surface area contributed by atoms with Crippen molar-refractivity contribution in [3.63, 3.8) is 0 Å². The first-order valence-electron chi connectivity index (χ1n) is 11.6. The van der Waals surface area contributed by atoms with Crippen molar-refractivity contribution in [2.24, 2.45) is 0 Å². The normalized spacial score (nSPS) is 22.0. The number of aromatic nitrogens is 1. The number of benzene rings is 1. The van der Waals surface area contributed by atoms with Crippen molar-refractivity contribution in [3.05, 3.63) is 36.0 Å². The molecule has 2 fully saturated rings. The average molecular weight is 496 g/mol. The van der Waals surface area contributed by atoms with Gasteiger partial charge in [0.15, 0.2) is 12.2 Å². The zero-order valence-corrected chi connectivity index (χ0v) is 19.7. The average Bonchev–Trinajstić information content (AvgIpc) is 2.87. The topological polar surface area (TPSA) is 90.3 Å². The van der Waals surface area contributed by atoms with Crippen molar-refractivity contribution >= 4 is 22.5 Å². The van der Waals surface area contributed by atoms with Gasteiger partial charge in [0.05, 0.1) is 30.7 Å². The van der Waals surface area contributed by atoms with E-state index >= 15 is 0 Å². The number of anilines is 1. The monoisotopic (exact) mass is 495 g/mol. The van der Waals surface area contributed by atoms with Crippen LogP contribution < -0.4 is 15.5 Å². The van der Waals surface area contributed by atoms with E-state index in [4.69, 9.17) is 4.74 Å². The van der Waals surface area contributed by atoms with Crippen LogP contribution in [0.15, 0.2) is 30.5 Å². The fourth-order valence-electron chi connectivity index (χ4n) is 4.22. The molecule has 2 N–H and O–H groups in total. The number of carbonyl (C=O) groups excluding carboxylic acids is 1. The number of nitrogens with one attached hydrogen (secondary N) is 2. The van der Waals surface area contributed by atoms with E-state index in [1.54, 1.807) is 18.2 Å². The van der Waals surface area contributed by atoms with Gasteiger partial charge in [-0.15, -0.1) is 0 Å². The molecule has 1 amide bonds. The fraction of sp³-hybridized carbons (Fsp3) is 0.542. The van der Waals surface area contributed by atoms with Crippen LogP contribution in [0.4, 0.5) is 23.2 Å². The summed E-state index contributed by atoms with van der Waals surface area (Å²) in [5.41, 5.74) is -0.542. The highest BCUT2D eigenvalue weighted by molar-refractivity contribution is 5.95. The van der Waals surface area contributed by atoms with Crippen LogP contribution >= 0.6 is 0 Å². The molecular formula is C24H29F4N5O2. The Balaban J connectivity index is 0.00000167. The maximum Gasteiger partial charge on any atom is 0.416 e. The highest BCUT2D eigenvalue weighted by atomic mass is 19.4. The summed E-state index contributed by atoms with van der Waals surface area (Å²) in [6, 6.07) is 8.34. The minimum Gasteiger partial charge on any atom is -0.365 e. The van der Waals surface area contributed by atoms with E-state index in [1.165, 1.54) is 17.2 Å². The molecule has 2 aliphatic rings. The minimum absolute atomic E-state index is 0.158. The molecule has 3 heterocycles. The number of carbonyl (C=O) groups is 1. The van der Waals surface area contributed by atoms with Gasteiger partial charge in [-0.2, -0.15) is 18.4 Å². The molecule has 2 saturated heterocycles. The smallest absolute Gasteiger partial charge is 0.365 e. The number of alkyl halides is 4. The summed E-state index contributed by atoms with van der Waals surface area (Å²) < 4.78 is 60.8. The molecule has 35 heavy (non-hydrogen) atoms. The molecule has 0 spiro atoms. The third kappa shape index (κ3) is 6.18. The van der Waals surface area contributed by atoms with Gasteiger partial charge in [0.1, 0.15) is 11.7 Å². The Morgan fingerprint density at radius 1 is 1.29 bits per heavy atom. The molecule has 2 aliphatic heterocycles. The Morgan fingerprint density at radius 3 is 2.66 bits per heavy atom. The molecule has 2 unspecified atom stereocenters. The summed E-state index contributed by atoms with van der Waals surface area (Å²) in [5, 5.41) is 15.3. The highest BCUT2D eigenvalue weighted by Gasteiger charge is 2.48. The molecule has 1 aromatic carbocycles. The van der Waals surface area contributed by atoms with Crippen LogP contribution in [0.5, 0.6) is 0 Å². The number of morpholine rings is 1. The molecule has 190 valence electrons. The zero-order valence-electron chi connectivity index (χ0n) is 19.7. The van der Waals surface area contributed by atoms with Crippen LogP contribution in [-0.2, 0) is 9.53 Å². The second kappa shape index (κ2) is 11.2. The molecule has 0 aliphatic carbocycles. The predicted molar refractivity (Wildman–Crippen MR) is 124 cm³/mol. The Labute approximate surface area is 201 Å². The van der Waals surface area contributed by atoms with E-state index in [9.17, 15) is 27.6 Å². The van der Waals surface area contributed by atoms with Gasteiger partial charge in [-0.1, -0.05) is 13.8 Å². The number of piperidine rings is 1. The Morgan fingerprint density at radius 2 is 2.00 bits per heavy atom. The van der Waals surface area contributed by atoms with E-state index in [1.807, 2.05) is 19.9 Å². The lowest BCUT2D eigenvalue weighted by Gasteiger charge is -2.40. The van der Waals surface area contributed by atoms with Gasteiger partial charge in [0.2, 0.25) is 0 Å². The second-order valence-corrected chi connectivity index (χ2v) is 8.32. The van der Waals surface area contributed by atoms with Crippen LogP contribution in [0.25, 0.3) is 10.9 Å². The van der Waals surface area contributed by atoms with Gasteiger partial charge in [-0.25, -0.2) is 4.39 Å². The number of pyridine rings is 1. The Hall–Kier alpha value is -2.97. The molecule has 4 rings (SSSR count). The molecule has 0 saturated carbocycles. The number of nitriles is 1. The van der Waals surface area contributed by atoms with Crippen LogP contribution in [0.1, 0.15) is 32.3 Å². The molecule has 2 atom stereocenters. The van der Waals surface area contributed by atoms with Gasteiger partial charge in [0.25, 0.3) is 5.91 Å². The van der Waals surface area contributed by atoms with Crippen LogP contribution in [-0.4, -0.2) is 67.7 Å². The van der Waals surface area contributed by atoms with Gasteiger partial charge in [-0.3, -0.25) is 9.78 Å². The third-order valence-electron chi connectivity index (χ3n) is 6.05. The Bertz CT molecular complexity index is 1070. The lowest BCUT2D eigenvalue weighted by Crippen LogP contribution is -2.58. The largest absolute Gasteiger partial charge is 0.416 e. The molecular weight excluding hydrogens is 466 g/mol. The maximum atomic E-state index is 14.8. The van der Waals surface area contributed by atoms with E-state index in [0.717, 1.165) is 0 Å². The van der Waals surface area contributed by atoms with E-state index in [2.05, 4.69) is 15.6 Å². The standard InChI is InChI=1S/C22H23F4N5O2.C2H6/c23-21(5-8-28-9-6-21)13-30-20(32)17-11-31(12-18(33-17)22(24,25)26)16-4-3-14(10-27)19-15(16)2-1-7-29-19;1-2/h1-4,7,17-18,28H,5-6,8-9,11-13H2,(H,30,32);1-2H3. The first-order chi connectivity index (χ1) is 16.7. The van der Waals surface area contributed by atoms with Gasteiger partial charge in [0, 0.05) is 17.3 Å². The van der Waals surface area contributed by atoms with Crippen molar-refractivity contribution in [1.29, 1.82) is 5.26 Å². The summed E-state index contributed by atoms with van der Waals surface area (Å²) in [7, 11) is 0. The highest BCUT2D eigenvalue weighted by Crippen LogP contribution is 2.34. The number of hydrogen-bond donors (Lipinski definition) is 2. The molecule has 11 heteroatoms. The number of rotatable bonds is 4. The zero-order chi connectivity index (χ0) is 25.6. The lowest BCUT2D eigenvalue weighted by molar-refractivity contribution is -0.234. The van der Waals surface area contributed by atoms with Crippen molar-refractivity contribution in [2.45, 2.75) is 50.7 Å². The minimum atomic E-state index is -4.70. The fourth-order valence-corrected chi connectivity index (χ4v) is 4.22. The summed E-state index contributed by atoms with van der Waals surface area (Å²) in [5.74, 6) is -0.791. The first-order valence-corrected chi connectivity index (χ1v) is 11.6. The number of fused-ring (bicyclic) bond motifs is 1. The number of nitrogens with zero attached hydrogens (tertiary/aromatic N) is 3. The van der Waals surface area contributed by atoms with Crippen molar-refractivity contribution in [2.75, 3.05) is 37.6 Å². The first kappa shape index (κ1) is 26.6. The van der Waals surface area contributed by atoms with Gasteiger partial charge >= 0.3 is 6.18 Å². The quantitative estimate of drug-likeness (QED) is 0.632. The van der Waals surface area contributed by atoms with E-state index in [0.29, 0.717) is 35.2 Å². The lowest BCUT2D eigenvalue weighted by atomic mass is 9.94. The molecule has 0 radical (unpaired) electrons. The van der Waals surface area contributed by atoms with Crippen LogP contribution in [0.3, 0.4) is 0 Å². The molecule has 2 aromatic rings. The summed E-state index contributed by atoms with van der Waals surface area (Å²) in [6.07, 6.45) is -6.44. The maximum absolute atomic E-state index is 14.8. The van der Waals surface area contributed by atoms with E-state index < -0.39 is 36.5 Å². The number of amides is 1. The van der Waals surface area contributed by atoms with Crippen molar-refractivity contribution in [1.82, 2.24) is 15.6 Å². The molecule has 1 aromatic heterocycles. The second-order valence-electron chi connectivity index (χ2n) is 8.32. The number of hydrogen-bond acceptors (Lipinski definition) is 6. The predicted octanol–water partition coefficient (Wildman–Crippen LogP) is 3.48. The van der Waals surface area contributed by atoms with Gasteiger partial charge in [-0.05, 0) is 50.2 Å². The van der Waals surface area contributed by atoms with E-state index in [-0.39, 0.29) is 25.9 Å². The van der Waals surface area contributed by atoms with Crippen LogP contribution in [0, 0.1) is 11.3 Å². The Kier molecular flexibility index (Phi) is 8.51. The van der Waals surface area contributed by atoms with Crippen molar-refractivity contribution < 1.29 is 27.1 Å². The summed E-state index contributed by atoms with van der Waals surface area (Å²) >= 11 is 0. The molecule has 7 nitrogen and oxygen atoms in total. The van der Waals surface area contributed by atoms with Crippen LogP contribution in [0.2, 0.25) is 0 Å². The summed E-state index contributed by atoms with van der Waals surface area (Å²) in [6.45, 7) is 3.97. The number of halogens is 4. The number of ether oxygens (including phenoxy) is 1. The van der Waals surface area contributed by atoms with Crippen molar-refractivity contribution in [3.8, 4) is 6.07 Å². The third-order valence-corrected chi connectivity index (χ3v) is 6.05.